The van der Waals surface area contributed by atoms with Crippen LogP contribution in [0, 0.1) is 0 Å². The molecule has 0 unspecified atom stereocenters. The SMILES string of the molecule is C[B]\C=C/C(=C\C=C/C)CC. The molecule has 0 fully saturated rings. The van der Waals surface area contributed by atoms with E-state index in [0.29, 0.717) is 0 Å². The topological polar surface area (TPSA) is 0 Å². The number of allylic oxidation sites excluding steroid dienone is 5. The molecule has 0 spiro atoms. The minimum Gasteiger partial charge on any atom is -0.123 e. The maximum absolute atomic E-state index is 2.16. The maximum Gasteiger partial charge on any atom is 0.137 e. The van der Waals surface area contributed by atoms with Gasteiger partial charge in [0.1, 0.15) is 7.28 Å². The number of hydrogen-bond acceptors (Lipinski definition) is 0. The third kappa shape index (κ3) is 5.72. The number of hydrogen-bond donors (Lipinski definition) is 0. The Labute approximate surface area is 70.9 Å². The summed E-state index contributed by atoms with van der Waals surface area (Å²) in [6.07, 6.45) is 9.48. The lowest BCUT2D eigenvalue weighted by Crippen LogP contribution is -1.76. The van der Waals surface area contributed by atoms with Gasteiger partial charge in [-0.25, -0.2) is 0 Å². The highest BCUT2D eigenvalue weighted by Gasteiger charge is 1.82. The van der Waals surface area contributed by atoms with Gasteiger partial charge in [-0.3, -0.25) is 0 Å². The molecular formula is C10H16B. The van der Waals surface area contributed by atoms with Crippen molar-refractivity contribution in [1.82, 2.24) is 0 Å². The maximum atomic E-state index is 2.16. The van der Waals surface area contributed by atoms with Crippen molar-refractivity contribution >= 4 is 7.28 Å². The average Bonchev–Trinajstić information content (AvgIpc) is 2.05. The van der Waals surface area contributed by atoms with E-state index in [4.69, 9.17) is 0 Å². The van der Waals surface area contributed by atoms with Crippen molar-refractivity contribution in [3.05, 3.63) is 35.9 Å². The fourth-order valence-electron chi connectivity index (χ4n) is 0.731. The molecule has 0 saturated heterocycles. The predicted octanol–water partition coefficient (Wildman–Crippen LogP) is 3.16. The molecule has 0 amide bonds. The molecule has 0 N–H and O–H groups in total. The Balaban J connectivity index is 4.04. The zero-order chi connectivity index (χ0) is 8.53. The van der Waals surface area contributed by atoms with Crippen molar-refractivity contribution in [2.24, 2.45) is 0 Å². The smallest absolute Gasteiger partial charge is 0.123 e. The first-order valence-electron chi connectivity index (χ1n) is 4.13. The minimum absolute atomic E-state index is 1.09. The second-order valence-corrected chi connectivity index (χ2v) is 2.31. The molecule has 0 aliphatic carbocycles. The summed E-state index contributed by atoms with van der Waals surface area (Å²) in [6, 6.07) is 0. The van der Waals surface area contributed by atoms with E-state index in [1.54, 1.807) is 0 Å². The van der Waals surface area contributed by atoms with Gasteiger partial charge in [0.25, 0.3) is 0 Å². The first-order chi connectivity index (χ1) is 5.35. The van der Waals surface area contributed by atoms with Crippen molar-refractivity contribution in [2.75, 3.05) is 0 Å². The van der Waals surface area contributed by atoms with Crippen molar-refractivity contribution in [3.8, 4) is 0 Å². The monoisotopic (exact) mass is 147 g/mol. The average molecular weight is 147 g/mol. The van der Waals surface area contributed by atoms with Crippen LogP contribution in [-0.2, 0) is 0 Å². The second kappa shape index (κ2) is 7.39. The first-order valence-corrected chi connectivity index (χ1v) is 4.13. The van der Waals surface area contributed by atoms with Crippen LogP contribution >= 0.6 is 0 Å². The molecule has 0 aromatic rings. The Kier molecular flexibility index (Phi) is 6.91. The van der Waals surface area contributed by atoms with Crippen LogP contribution in [0.1, 0.15) is 20.3 Å². The van der Waals surface area contributed by atoms with Crippen LogP contribution in [0.3, 0.4) is 0 Å². The normalized spacial score (nSPS) is 13.2. The highest BCUT2D eigenvalue weighted by atomic mass is 13.9. The largest absolute Gasteiger partial charge is 0.137 e. The van der Waals surface area contributed by atoms with Gasteiger partial charge < -0.3 is 0 Å². The fourth-order valence-corrected chi connectivity index (χ4v) is 0.731. The van der Waals surface area contributed by atoms with E-state index in [-0.39, 0.29) is 0 Å². The van der Waals surface area contributed by atoms with Gasteiger partial charge in [0.2, 0.25) is 0 Å². The molecule has 0 aliphatic rings. The Bertz CT molecular complexity index is 164. The molecule has 59 valence electrons. The summed E-state index contributed by atoms with van der Waals surface area (Å²) in [5.74, 6) is 2.07. The van der Waals surface area contributed by atoms with E-state index < -0.39 is 0 Å². The zero-order valence-corrected chi connectivity index (χ0v) is 7.67. The van der Waals surface area contributed by atoms with Gasteiger partial charge in [0, 0.05) is 0 Å². The van der Waals surface area contributed by atoms with Gasteiger partial charge in [-0.15, -0.1) is 5.98 Å². The highest BCUT2D eigenvalue weighted by molar-refractivity contribution is 6.40. The van der Waals surface area contributed by atoms with E-state index in [1.165, 1.54) is 5.57 Å². The van der Waals surface area contributed by atoms with Crippen molar-refractivity contribution < 1.29 is 0 Å². The summed E-state index contributed by atoms with van der Waals surface area (Å²) in [6.45, 7) is 6.22. The predicted molar refractivity (Wildman–Crippen MR) is 53.9 cm³/mol. The summed E-state index contributed by atoms with van der Waals surface area (Å²) >= 11 is 0. The Morgan fingerprint density at radius 1 is 1.45 bits per heavy atom. The highest BCUT2D eigenvalue weighted by Crippen LogP contribution is 2.02. The van der Waals surface area contributed by atoms with E-state index in [1.807, 2.05) is 27.1 Å². The molecule has 1 radical (unpaired) electrons. The molecule has 0 rings (SSSR count). The van der Waals surface area contributed by atoms with Crippen LogP contribution < -0.4 is 0 Å². The third-order valence-electron chi connectivity index (χ3n) is 1.41. The zero-order valence-electron chi connectivity index (χ0n) is 7.67. The van der Waals surface area contributed by atoms with Gasteiger partial charge in [0.05, 0.1) is 0 Å². The molecular weight excluding hydrogens is 131 g/mol. The molecule has 1 heteroatoms. The van der Waals surface area contributed by atoms with Crippen molar-refractivity contribution in [1.29, 1.82) is 0 Å². The molecule has 0 aromatic heterocycles. The lowest BCUT2D eigenvalue weighted by atomic mass is 9.82. The molecule has 0 nitrogen and oxygen atoms in total. The second-order valence-electron chi connectivity index (χ2n) is 2.31. The summed E-state index contributed by atoms with van der Waals surface area (Å²) in [4.78, 5) is 0. The lowest BCUT2D eigenvalue weighted by Gasteiger charge is -1.92. The molecule has 0 bridgehead atoms. The van der Waals surface area contributed by atoms with Crippen molar-refractivity contribution in [3.63, 3.8) is 0 Å². The van der Waals surface area contributed by atoms with Crippen LogP contribution in [0.4, 0.5) is 0 Å². The van der Waals surface area contributed by atoms with Crippen LogP contribution in [0.2, 0.25) is 6.82 Å². The molecule has 0 aliphatic heterocycles. The Morgan fingerprint density at radius 3 is 2.64 bits per heavy atom. The van der Waals surface area contributed by atoms with Crippen LogP contribution in [-0.4, -0.2) is 7.28 Å². The first kappa shape index (κ1) is 10.3. The van der Waals surface area contributed by atoms with Crippen LogP contribution in [0.15, 0.2) is 35.9 Å². The summed E-state index contributed by atoms with van der Waals surface area (Å²) in [5, 5.41) is 0. The molecule has 0 atom stereocenters. The van der Waals surface area contributed by atoms with Crippen molar-refractivity contribution in [2.45, 2.75) is 27.1 Å². The van der Waals surface area contributed by atoms with E-state index >= 15 is 0 Å². The van der Waals surface area contributed by atoms with Crippen LogP contribution in [0.25, 0.3) is 0 Å². The van der Waals surface area contributed by atoms with Gasteiger partial charge >= 0.3 is 0 Å². The fraction of sp³-hybridized carbons (Fsp3) is 0.400. The quantitative estimate of drug-likeness (QED) is 0.423. The third-order valence-corrected chi connectivity index (χ3v) is 1.41. The van der Waals surface area contributed by atoms with E-state index in [9.17, 15) is 0 Å². The van der Waals surface area contributed by atoms with Gasteiger partial charge in [-0.1, -0.05) is 38.1 Å². The summed E-state index contributed by atoms with van der Waals surface area (Å²) in [5.41, 5.74) is 1.36. The van der Waals surface area contributed by atoms with Gasteiger partial charge in [-0.05, 0) is 18.9 Å². The van der Waals surface area contributed by atoms with E-state index in [0.717, 1.165) is 6.42 Å². The molecule has 0 aromatic carbocycles. The Hall–Kier alpha value is -0.715. The molecule has 11 heavy (non-hydrogen) atoms. The van der Waals surface area contributed by atoms with Gasteiger partial charge in [-0.2, -0.15) is 0 Å². The van der Waals surface area contributed by atoms with Crippen LogP contribution in [0.5, 0.6) is 0 Å². The lowest BCUT2D eigenvalue weighted by molar-refractivity contribution is 1.15. The summed E-state index contributed by atoms with van der Waals surface area (Å²) in [7, 11) is 2.04. The standard InChI is InChI=1S/C10H16B/c1-4-6-7-10(5-2)8-9-11-3/h4,6-9H,5H2,1-3H3/b6-4-,9-8-,10-7-. The molecule has 0 saturated carbocycles. The molecule has 0 heterocycles. The summed E-state index contributed by atoms with van der Waals surface area (Å²) < 4.78 is 0. The van der Waals surface area contributed by atoms with E-state index in [2.05, 4.69) is 31.1 Å². The number of rotatable bonds is 4. The minimum atomic E-state index is 1.09. The van der Waals surface area contributed by atoms with Gasteiger partial charge in [0.15, 0.2) is 0 Å². The Morgan fingerprint density at radius 2 is 2.18 bits per heavy atom.